The van der Waals surface area contributed by atoms with E-state index in [0.717, 1.165) is 24.3 Å². The SMILES string of the molecule is CCN(CC)c1cc2c(cc1C)nc1c(=O)[nH]c(=O)nc-1n2CC[C@H](O)[C@H](O)CO. The summed E-state index contributed by atoms with van der Waals surface area (Å²) < 4.78 is 1.66. The maximum absolute atomic E-state index is 12.3. The average Bonchev–Trinajstić information content (AvgIpc) is 2.72. The highest BCUT2D eigenvalue weighted by molar-refractivity contribution is 5.84. The summed E-state index contributed by atoms with van der Waals surface area (Å²) in [5, 5.41) is 28.9. The molecular formula is C20H27N5O5. The molecule has 0 saturated carbocycles. The topological polar surface area (TPSA) is 145 Å². The first kappa shape index (κ1) is 21.9. The molecule has 10 nitrogen and oxygen atoms in total. The van der Waals surface area contributed by atoms with Crippen molar-refractivity contribution in [1.29, 1.82) is 0 Å². The lowest BCUT2D eigenvalue weighted by Gasteiger charge is -2.25. The van der Waals surface area contributed by atoms with Crippen LogP contribution in [0.2, 0.25) is 0 Å². The molecule has 0 spiro atoms. The normalized spacial score (nSPS) is 13.7. The second kappa shape index (κ2) is 8.90. The minimum absolute atomic E-state index is 0.0225. The maximum Gasteiger partial charge on any atom is 0.349 e. The predicted octanol–water partition coefficient (Wildman–Crippen LogP) is -0.157. The number of hydrogen-bond donors (Lipinski definition) is 4. The van der Waals surface area contributed by atoms with Crippen LogP contribution in [0.3, 0.4) is 0 Å². The summed E-state index contributed by atoms with van der Waals surface area (Å²) in [6, 6.07) is 3.81. The highest BCUT2D eigenvalue weighted by atomic mass is 16.4. The first-order valence-electron chi connectivity index (χ1n) is 9.97. The molecule has 4 N–H and O–H groups in total. The second-order valence-corrected chi connectivity index (χ2v) is 7.21. The zero-order chi connectivity index (χ0) is 22.0. The van der Waals surface area contributed by atoms with Crippen LogP contribution >= 0.6 is 0 Å². The van der Waals surface area contributed by atoms with Crippen molar-refractivity contribution in [3.8, 4) is 11.5 Å². The van der Waals surface area contributed by atoms with E-state index >= 15 is 0 Å². The Morgan fingerprint density at radius 3 is 2.47 bits per heavy atom. The van der Waals surface area contributed by atoms with Crippen molar-refractivity contribution in [3.63, 3.8) is 0 Å². The van der Waals surface area contributed by atoms with Crippen molar-refractivity contribution in [2.45, 2.75) is 45.9 Å². The number of hydrogen-bond acceptors (Lipinski definition) is 8. The van der Waals surface area contributed by atoms with Crippen LogP contribution in [0.1, 0.15) is 25.8 Å². The molecule has 2 aliphatic heterocycles. The Bertz CT molecular complexity index is 1120. The number of rotatable bonds is 8. The molecular weight excluding hydrogens is 390 g/mol. The van der Waals surface area contributed by atoms with Gasteiger partial charge >= 0.3 is 5.69 Å². The Morgan fingerprint density at radius 1 is 1.13 bits per heavy atom. The monoisotopic (exact) mass is 417 g/mol. The van der Waals surface area contributed by atoms with Crippen molar-refractivity contribution in [3.05, 3.63) is 38.5 Å². The maximum atomic E-state index is 12.3. The fourth-order valence-electron chi connectivity index (χ4n) is 3.64. The van der Waals surface area contributed by atoms with Crippen molar-refractivity contribution in [1.82, 2.24) is 19.5 Å². The summed E-state index contributed by atoms with van der Waals surface area (Å²) >= 11 is 0. The third kappa shape index (κ3) is 4.07. The Hall–Kier alpha value is -2.82. The van der Waals surface area contributed by atoms with Gasteiger partial charge in [-0.25, -0.2) is 9.78 Å². The van der Waals surface area contributed by atoms with E-state index in [1.54, 1.807) is 4.57 Å². The zero-order valence-corrected chi connectivity index (χ0v) is 17.3. The third-order valence-electron chi connectivity index (χ3n) is 5.31. The molecule has 1 aromatic carbocycles. The van der Waals surface area contributed by atoms with Crippen LogP contribution in [-0.4, -0.2) is 66.7 Å². The molecule has 0 fully saturated rings. The Balaban J connectivity index is 2.27. The molecule has 2 heterocycles. The number of nitrogens with zero attached hydrogens (tertiary/aromatic N) is 4. The van der Waals surface area contributed by atoms with Crippen LogP contribution < -0.4 is 16.1 Å². The van der Waals surface area contributed by atoms with E-state index in [1.165, 1.54) is 0 Å². The van der Waals surface area contributed by atoms with Gasteiger partial charge in [-0.1, -0.05) is 0 Å². The van der Waals surface area contributed by atoms with Gasteiger partial charge in [-0.3, -0.25) is 9.78 Å². The summed E-state index contributed by atoms with van der Waals surface area (Å²) in [6.07, 6.45) is -2.38. The van der Waals surface area contributed by atoms with Crippen LogP contribution in [0.15, 0.2) is 21.7 Å². The van der Waals surface area contributed by atoms with Crippen LogP contribution in [0.25, 0.3) is 22.6 Å². The van der Waals surface area contributed by atoms with Crippen molar-refractivity contribution in [2.75, 3.05) is 24.6 Å². The fourth-order valence-corrected chi connectivity index (χ4v) is 3.64. The smallest absolute Gasteiger partial charge is 0.349 e. The van der Waals surface area contributed by atoms with Crippen LogP contribution in [0.4, 0.5) is 5.69 Å². The summed E-state index contributed by atoms with van der Waals surface area (Å²) in [4.78, 5) is 36.9. The molecule has 0 aromatic heterocycles. The average molecular weight is 417 g/mol. The predicted molar refractivity (Wildman–Crippen MR) is 113 cm³/mol. The number of fused-ring (bicyclic) bond motifs is 2. The van der Waals surface area contributed by atoms with E-state index in [2.05, 4.69) is 33.7 Å². The molecule has 0 radical (unpaired) electrons. The molecule has 0 bridgehead atoms. The lowest BCUT2D eigenvalue weighted by Crippen LogP contribution is -2.32. The van der Waals surface area contributed by atoms with Gasteiger partial charge in [-0.2, -0.15) is 4.98 Å². The van der Waals surface area contributed by atoms with Crippen molar-refractivity contribution < 1.29 is 15.3 Å². The molecule has 10 heteroatoms. The highest BCUT2D eigenvalue weighted by Crippen LogP contribution is 2.29. The number of anilines is 1. The van der Waals surface area contributed by atoms with E-state index in [4.69, 9.17) is 5.11 Å². The molecule has 162 valence electrons. The number of H-pyrrole nitrogens is 1. The van der Waals surface area contributed by atoms with Gasteiger partial charge in [0.25, 0.3) is 5.56 Å². The summed E-state index contributed by atoms with van der Waals surface area (Å²) in [5.41, 5.74) is 1.79. The van der Waals surface area contributed by atoms with Crippen LogP contribution in [-0.2, 0) is 6.54 Å². The summed E-state index contributed by atoms with van der Waals surface area (Å²) in [5.74, 6) is 0.108. The summed E-state index contributed by atoms with van der Waals surface area (Å²) in [6.45, 7) is 7.26. The molecule has 0 amide bonds. The molecule has 1 aromatic rings. The van der Waals surface area contributed by atoms with Gasteiger partial charge in [-0.05, 0) is 44.9 Å². The van der Waals surface area contributed by atoms with Gasteiger partial charge in [0.15, 0.2) is 11.5 Å². The quantitative estimate of drug-likeness (QED) is 0.370. The number of nitrogens with one attached hydrogen (secondary N) is 1. The van der Waals surface area contributed by atoms with Gasteiger partial charge in [0.05, 0.1) is 23.7 Å². The van der Waals surface area contributed by atoms with E-state index < -0.39 is 30.1 Å². The van der Waals surface area contributed by atoms with E-state index in [1.807, 2.05) is 19.1 Å². The largest absolute Gasteiger partial charge is 0.394 e. The van der Waals surface area contributed by atoms with Gasteiger partial charge in [0, 0.05) is 25.3 Å². The molecule has 2 aliphatic rings. The highest BCUT2D eigenvalue weighted by Gasteiger charge is 2.22. The van der Waals surface area contributed by atoms with Gasteiger partial charge in [0.2, 0.25) is 0 Å². The number of aromatic nitrogens is 4. The van der Waals surface area contributed by atoms with Gasteiger partial charge < -0.3 is 24.8 Å². The Morgan fingerprint density at radius 2 is 1.83 bits per heavy atom. The minimum atomic E-state index is -1.29. The van der Waals surface area contributed by atoms with Crippen LogP contribution in [0, 0.1) is 6.92 Å². The standard InChI is InChI=1S/C20H27N5O5/c1-4-24(5-2)13-9-14-12(8-11(13)3)21-17-18(22-20(30)23-19(17)29)25(14)7-6-15(27)16(28)10-26/h8-9,15-16,26-28H,4-7,10H2,1-3H3,(H,23,29,30)/t15-,16+/m0/s1. The number of aromatic amines is 1. The molecule has 30 heavy (non-hydrogen) atoms. The lowest BCUT2D eigenvalue weighted by molar-refractivity contribution is -0.0191. The van der Waals surface area contributed by atoms with Crippen molar-refractivity contribution in [2.24, 2.45) is 0 Å². The zero-order valence-electron chi connectivity index (χ0n) is 17.3. The lowest BCUT2D eigenvalue weighted by atomic mass is 10.1. The van der Waals surface area contributed by atoms with Crippen molar-refractivity contribution >= 4 is 16.7 Å². The Kier molecular flexibility index (Phi) is 6.49. The number of aliphatic hydroxyl groups excluding tert-OH is 3. The van der Waals surface area contributed by atoms with Crippen LogP contribution in [0.5, 0.6) is 0 Å². The number of benzene rings is 1. The summed E-state index contributed by atoms with van der Waals surface area (Å²) in [7, 11) is 0. The fraction of sp³-hybridized carbons (Fsp3) is 0.500. The molecule has 0 unspecified atom stereocenters. The minimum Gasteiger partial charge on any atom is -0.394 e. The van der Waals surface area contributed by atoms with E-state index in [9.17, 15) is 19.8 Å². The molecule has 2 atom stereocenters. The molecule has 0 saturated heterocycles. The number of aliphatic hydroxyl groups is 3. The third-order valence-corrected chi connectivity index (χ3v) is 5.31. The molecule has 0 aliphatic carbocycles. The first-order valence-corrected chi connectivity index (χ1v) is 9.97. The molecule has 3 rings (SSSR count). The van der Waals surface area contributed by atoms with E-state index in [-0.39, 0.29) is 24.5 Å². The number of aryl methyl sites for hydroxylation is 2. The van der Waals surface area contributed by atoms with Gasteiger partial charge in [0.1, 0.15) is 6.10 Å². The van der Waals surface area contributed by atoms with Gasteiger partial charge in [-0.15, -0.1) is 0 Å². The Labute approximate surface area is 172 Å². The second-order valence-electron chi connectivity index (χ2n) is 7.21. The first-order chi connectivity index (χ1) is 14.3. The van der Waals surface area contributed by atoms with E-state index in [0.29, 0.717) is 11.0 Å².